The lowest BCUT2D eigenvalue weighted by atomic mass is 10.1. The van der Waals surface area contributed by atoms with Gasteiger partial charge in [-0.15, -0.1) is 24.0 Å². The minimum absolute atomic E-state index is 0. The molecule has 2 saturated heterocycles. The lowest BCUT2D eigenvalue weighted by Crippen LogP contribution is -2.47. The van der Waals surface area contributed by atoms with Crippen molar-refractivity contribution in [1.82, 2.24) is 14.5 Å². The standard InChI is InChI=1S/C19H38N4O4S.HI/c1-4-28(24,25)22(3)12-7-11-21-19(20-2)23-13-9-17(10-14-23)27-16-18-8-5-6-15-26-18;/h17-18H,4-16H2,1-3H3,(H,20,21);1H. The fourth-order valence-electron chi connectivity index (χ4n) is 3.61. The number of ether oxygens (including phenoxy) is 2. The predicted molar refractivity (Wildman–Crippen MR) is 128 cm³/mol. The van der Waals surface area contributed by atoms with Crippen LogP contribution in [0.3, 0.4) is 0 Å². The topological polar surface area (TPSA) is 83.5 Å². The summed E-state index contributed by atoms with van der Waals surface area (Å²) in [5.41, 5.74) is 0. The summed E-state index contributed by atoms with van der Waals surface area (Å²) in [6, 6.07) is 0. The van der Waals surface area contributed by atoms with E-state index in [1.54, 1.807) is 21.0 Å². The molecule has 1 atom stereocenters. The van der Waals surface area contributed by atoms with Crippen LogP contribution in [0.25, 0.3) is 0 Å². The monoisotopic (exact) mass is 546 g/mol. The van der Waals surface area contributed by atoms with Crippen LogP contribution in [0.15, 0.2) is 4.99 Å². The van der Waals surface area contributed by atoms with E-state index in [1.807, 2.05) is 0 Å². The Morgan fingerprint density at radius 2 is 2.00 bits per heavy atom. The SMILES string of the molecule is CCS(=O)(=O)N(C)CCCNC(=NC)N1CCC(OCC2CCCCO2)CC1.I. The number of nitrogens with one attached hydrogen (secondary N) is 1. The Morgan fingerprint density at radius 1 is 1.28 bits per heavy atom. The number of piperidine rings is 1. The Labute approximate surface area is 193 Å². The van der Waals surface area contributed by atoms with E-state index >= 15 is 0 Å². The van der Waals surface area contributed by atoms with Gasteiger partial charge in [-0.2, -0.15) is 0 Å². The van der Waals surface area contributed by atoms with Crippen molar-refractivity contribution in [3.63, 3.8) is 0 Å². The Kier molecular flexibility index (Phi) is 13.0. The van der Waals surface area contributed by atoms with Gasteiger partial charge in [0, 0.05) is 46.9 Å². The summed E-state index contributed by atoms with van der Waals surface area (Å²) in [5, 5.41) is 3.36. The molecule has 0 aromatic carbocycles. The molecule has 29 heavy (non-hydrogen) atoms. The molecule has 0 bridgehead atoms. The van der Waals surface area contributed by atoms with Gasteiger partial charge in [0.15, 0.2) is 5.96 Å². The molecule has 0 saturated carbocycles. The summed E-state index contributed by atoms with van der Waals surface area (Å²) in [4.78, 5) is 6.63. The van der Waals surface area contributed by atoms with Crippen molar-refractivity contribution in [2.24, 2.45) is 4.99 Å². The summed E-state index contributed by atoms with van der Waals surface area (Å²) in [5.74, 6) is 1.03. The van der Waals surface area contributed by atoms with Gasteiger partial charge in [-0.05, 0) is 45.4 Å². The number of likely N-dealkylation sites (tertiary alicyclic amines) is 1. The molecular formula is C19H39IN4O4S. The van der Waals surface area contributed by atoms with Crippen LogP contribution >= 0.6 is 24.0 Å². The molecule has 2 fully saturated rings. The minimum atomic E-state index is -3.10. The second-order valence-electron chi connectivity index (χ2n) is 7.56. The van der Waals surface area contributed by atoms with Gasteiger partial charge in [0.25, 0.3) is 0 Å². The van der Waals surface area contributed by atoms with Crippen LogP contribution in [0.4, 0.5) is 0 Å². The average Bonchev–Trinajstić information content (AvgIpc) is 2.73. The third-order valence-electron chi connectivity index (χ3n) is 5.52. The first kappa shape index (κ1) is 26.9. The zero-order chi connectivity index (χ0) is 20.4. The second kappa shape index (κ2) is 14.0. The maximum absolute atomic E-state index is 11.8. The van der Waals surface area contributed by atoms with Crippen molar-refractivity contribution in [2.45, 2.75) is 57.7 Å². The molecule has 8 nitrogen and oxygen atoms in total. The van der Waals surface area contributed by atoms with Crippen molar-refractivity contribution in [3.8, 4) is 0 Å². The third kappa shape index (κ3) is 9.24. The van der Waals surface area contributed by atoms with Crippen LogP contribution in [0.2, 0.25) is 0 Å². The molecule has 172 valence electrons. The normalized spacial score (nSPS) is 21.9. The maximum Gasteiger partial charge on any atom is 0.213 e. The van der Waals surface area contributed by atoms with Gasteiger partial charge in [0.2, 0.25) is 10.0 Å². The highest BCUT2D eigenvalue weighted by atomic mass is 127. The molecular weight excluding hydrogens is 507 g/mol. The van der Waals surface area contributed by atoms with Gasteiger partial charge in [-0.3, -0.25) is 4.99 Å². The zero-order valence-electron chi connectivity index (χ0n) is 18.1. The Morgan fingerprint density at radius 3 is 2.59 bits per heavy atom. The molecule has 0 aliphatic carbocycles. The Bertz CT molecular complexity index is 577. The molecule has 2 heterocycles. The van der Waals surface area contributed by atoms with E-state index in [1.165, 1.54) is 17.1 Å². The smallest absolute Gasteiger partial charge is 0.213 e. The van der Waals surface area contributed by atoms with Crippen LogP contribution in [-0.2, 0) is 19.5 Å². The summed E-state index contributed by atoms with van der Waals surface area (Å²) in [6.45, 7) is 6.30. The molecule has 2 aliphatic heterocycles. The van der Waals surface area contributed by atoms with Gasteiger partial charge in [0.05, 0.1) is 24.6 Å². The van der Waals surface area contributed by atoms with Crippen LogP contribution in [0, 0.1) is 0 Å². The minimum Gasteiger partial charge on any atom is -0.376 e. The molecule has 0 aromatic rings. The highest BCUT2D eigenvalue weighted by Crippen LogP contribution is 2.18. The number of sulfonamides is 1. The first-order valence-electron chi connectivity index (χ1n) is 10.6. The van der Waals surface area contributed by atoms with E-state index in [-0.39, 0.29) is 35.8 Å². The van der Waals surface area contributed by atoms with Gasteiger partial charge in [0.1, 0.15) is 0 Å². The molecule has 0 spiro atoms. The first-order chi connectivity index (χ1) is 13.5. The molecule has 1 N–H and O–H groups in total. The van der Waals surface area contributed by atoms with Crippen LogP contribution in [0.5, 0.6) is 0 Å². The average molecular weight is 547 g/mol. The highest BCUT2D eigenvalue weighted by Gasteiger charge is 2.23. The van der Waals surface area contributed by atoms with Gasteiger partial charge in [-0.1, -0.05) is 0 Å². The fourth-order valence-corrected chi connectivity index (χ4v) is 4.46. The molecule has 0 radical (unpaired) electrons. The number of hydrogen-bond acceptors (Lipinski definition) is 5. The van der Waals surface area contributed by atoms with Crippen molar-refractivity contribution in [1.29, 1.82) is 0 Å². The summed E-state index contributed by atoms with van der Waals surface area (Å²) in [6.07, 6.45) is 6.83. The largest absolute Gasteiger partial charge is 0.376 e. The Balaban J connectivity index is 0.00000420. The second-order valence-corrected chi connectivity index (χ2v) is 9.92. The lowest BCUT2D eigenvalue weighted by molar-refractivity contribution is -0.0721. The number of halogens is 1. The molecule has 2 rings (SSSR count). The van der Waals surface area contributed by atoms with E-state index in [2.05, 4.69) is 15.2 Å². The summed E-state index contributed by atoms with van der Waals surface area (Å²) < 4.78 is 36.8. The molecule has 1 unspecified atom stereocenters. The van der Waals surface area contributed by atoms with Crippen molar-refractivity contribution < 1.29 is 17.9 Å². The molecule has 2 aliphatic rings. The number of aliphatic imine (C=N–C) groups is 1. The molecule has 10 heteroatoms. The van der Waals surface area contributed by atoms with Gasteiger partial charge < -0.3 is 19.7 Å². The molecule has 0 aromatic heterocycles. The quantitative estimate of drug-likeness (QED) is 0.206. The predicted octanol–water partition coefficient (Wildman–Crippen LogP) is 1.90. The van der Waals surface area contributed by atoms with Gasteiger partial charge in [-0.25, -0.2) is 12.7 Å². The summed E-state index contributed by atoms with van der Waals surface area (Å²) >= 11 is 0. The third-order valence-corrected chi connectivity index (χ3v) is 7.38. The fraction of sp³-hybridized carbons (Fsp3) is 0.947. The van der Waals surface area contributed by atoms with E-state index in [4.69, 9.17) is 9.47 Å². The first-order valence-corrected chi connectivity index (χ1v) is 12.2. The molecule has 0 amide bonds. The van der Waals surface area contributed by atoms with E-state index in [9.17, 15) is 8.42 Å². The number of nitrogens with zero attached hydrogens (tertiary/aromatic N) is 3. The number of guanidine groups is 1. The number of rotatable bonds is 9. The van der Waals surface area contributed by atoms with Crippen molar-refractivity contribution in [3.05, 3.63) is 0 Å². The summed E-state index contributed by atoms with van der Waals surface area (Å²) in [7, 11) is 0.324. The maximum atomic E-state index is 11.8. The number of hydrogen-bond donors (Lipinski definition) is 1. The van der Waals surface area contributed by atoms with Crippen LogP contribution in [-0.4, -0.2) is 95.0 Å². The van der Waals surface area contributed by atoms with Crippen molar-refractivity contribution >= 4 is 40.0 Å². The van der Waals surface area contributed by atoms with Crippen molar-refractivity contribution in [2.75, 3.05) is 59.2 Å². The van der Waals surface area contributed by atoms with E-state index < -0.39 is 10.0 Å². The van der Waals surface area contributed by atoms with Crippen LogP contribution in [0.1, 0.15) is 45.4 Å². The highest BCUT2D eigenvalue weighted by molar-refractivity contribution is 14.0. The van der Waals surface area contributed by atoms with Crippen LogP contribution < -0.4 is 5.32 Å². The van der Waals surface area contributed by atoms with E-state index in [0.717, 1.165) is 51.3 Å². The zero-order valence-corrected chi connectivity index (χ0v) is 21.3. The van der Waals surface area contributed by atoms with E-state index in [0.29, 0.717) is 25.8 Å². The Hall–Kier alpha value is -0.170. The van der Waals surface area contributed by atoms with Gasteiger partial charge >= 0.3 is 0 Å². The lowest BCUT2D eigenvalue weighted by Gasteiger charge is -2.35.